The zero-order chi connectivity index (χ0) is 13.3. The molecule has 0 aliphatic heterocycles. The average molecular weight is 319 g/mol. The molecule has 1 heterocycles. The van der Waals surface area contributed by atoms with Crippen LogP contribution in [0.25, 0.3) is 0 Å². The highest BCUT2D eigenvalue weighted by Crippen LogP contribution is 2.36. The van der Waals surface area contributed by atoms with Crippen molar-refractivity contribution in [3.63, 3.8) is 0 Å². The van der Waals surface area contributed by atoms with Gasteiger partial charge in [-0.3, -0.25) is 0 Å². The highest BCUT2D eigenvalue weighted by atomic mass is 35.5. The minimum Gasteiger partial charge on any atom is -0.226 e. The fourth-order valence-corrected chi connectivity index (χ4v) is 3.04. The molecule has 2 aromatic rings. The summed E-state index contributed by atoms with van der Waals surface area (Å²) in [6, 6.07) is 7.84. The summed E-state index contributed by atoms with van der Waals surface area (Å²) in [5, 5.41) is 1.81. The summed E-state index contributed by atoms with van der Waals surface area (Å²) < 4.78 is 0. The summed E-state index contributed by atoms with van der Waals surface area (Å²) in [7, 11) is 0. The summed E-state index contributed by atoms with van der Waals surface area (Å²) in [6.07, 6.45) is 0. The van der Waals surface area contributed by atoms with Crippen molar-refractivity contribution in [1.82, 2.24) is 4.98 Å². The van der Waals surface area contributed by atoms with E-state index >= 15 is 0 Å². The number of benzene rings is 1. The maximum absolute atomic E-state index is 6.11. The molecule has 1 aromatic heterocycles. The molecule has 0 fully saturated rings. The van der Waals surface area contributed by atoms with Crippen molar-refractivity contribution in [2.24, 2.45) is 0 Å². The Morgan fingerprint density at radius 2 is 1.72 bits per heavy atom. The first kappa shape index (κ1) is 14.0. The Hall–Kier alpha value is -0.410. The second-order valence-electron chi connectivity index (χ2n) is 3.92. The van der Waals surface area contributed by atoms with Gasteiger partial charge in [-0.25, -0.2) is 4.98 Å². The van der Waals surface area contributed by atoms with Gasteiger partial charge in [0.15, 0.2) is 0 Å². The molecule has 0 aliphatic carbocycles. The van der Waals surface area contributed by atoms with Gasteiger partial charge in [0, 0.05) is 4.90 Å². The topological polar surface area (TPSA) is 12.9 Å². The van der Waals surface area contributed by atoms with Crippen LogP contribution in [0.4, 0.5) is 0 Å². The van der Waals surface area contributed by atoms with Crippen molar-refractivity contribution in [1.29, 1.82) is 0 Å². The van der Waals surface area contributed by atoms with Gasteiger partial charge in [-0.15, -0.1) is 0 Å². The zero-order valence-corrected chi connectivity index (χ0v) is 12.9. The van der Waals surface area contributed by atoms with E-state index in [0.29, 0.717) is 15.1 Å². The number of rotatable bonds is 2. The van der Waals surface area contributed by atoms with Gasteiger partial charge < -0.3 is 0 Å². The van der Waals surface area contributed by atoms with Gasteiger partial charge in [-0.05, 0) is 31.5 Å². The third kappa shape index (κ3) is 3.12. The number of aryl methyl sites for hydroxylation is 2. The summed E-state index contributed by atoms with van der Waals surface area (Å²) in [5.74, 6) is 0. The van der Waals surface area contributed by atoms with Crippen molar-refractivity contribution in [3.05, 3.63) is 50.6 Å². The SMILES string of the molecule is Cc1ccc(Sc2nc(Cl)c(Cl)cc2Cl)c(C)c1. The third-order valence-corrected chi connectivity index (χ3v) is 4.65. The summed E-state index contributed by atoms with van der Waals surface area (Å²) in [4.78, 5) is 5.30. The molecular formula is C13H10Cl3NS. The lowest BCUT2D eigenvalue weighted by atomic mass is 10.2. The fourth-order valence-electron chi connectivity index (χ4n) is 1.52. The van der Waals surface area contributed by atoms with E-state index in [1.54, 1.807) is 6.07 Å². The Morgan fingerprint density at radius 1 is 1.00 bits per heavy atom. The monoisotopic (exact) mass is 317 g/mol. The first-order valence-corrected chi connectivity index (χ1v) is 7.19. The molecule has 1 nitrogen and oxygen atoms in total. The Morgan fingerprint density at radius 3 is 2.39 bits per heavy atom. The lowest BCUT2D eigenvalue weighted by molar-refractivity contribution is 1.13. The van der Waals surface area contributed by atoms with Gasteiger partial charge in [0.05, 0.1) is 10.0 Å². The first-order chi connectivity index (χ1) is 8.47. The van der Waals surface area contributed by atoms with E-state index in [-0.39, 0.29) is 5.15 Å². The van der Waals surface area contributed by atoms with Crippen LogP contribution in [-0.2, 0) is 0 Å². The van der Waals surface area contributed by atoms with Crippen LogP contribution in [0.1, 0.15) is 11.1 Å². The molecule has 1 aromatic carbocycles. The summed E-state index contributed by atoms with van der Waals surface area (Å²) in [6.45, 7) is 4.12. The molecule has 18 heavy (non-hydrogen) atoms. The molecule has 0 atom stereocenters. The fraction of sp³-hybridized carbons (Fsp3) is 0.154. The molecule has 2 rings (SSSR count). The third-order valence-electron chi connectivity index (χ3n) is 2.39. The van der Waals surface area contributed by atoms with Crippen molar-refractivity contribution in [2.75, 3.05) is 0 Å². The van der Waals surface area contributed by atoms with E-state index in [0.717, 1.165) is 4.90 Å². The van der Waals surface area contributed by atoms with Crippen molar-refractivity contribution in [2.45, 2.75) is 23.8 Å². The number of halogens is 3. The maximum atomic E-state index is 6.11. The van der Waals surface area contributed by atoms with Gasteiger partial charge in [0.25, 0.3) is 0 Å². The molecule has 5 heteroatoms. The molecule has 0 spiro atoms. The minimum absolute atomic E-state index is 0.272. The Kier molecular flexibility index (Phi) is 4.44. The lowest BCUT2D eigenvalue weighted by Crippen LogP contribution is -1.87. The normalized spacial score (nSPS) is 10.7. The number of aromatic nitrogens is 1. The van der Waals surface area contributed by atoms with Crippen LogP contribution in [-0.4, -0.2) is 4.98 Å². The van der Waals surface area contributed by atoms with E-state index in [1.165, 1.54) is 22.9 Å². The van der Waals surface area contributed by atoms with E-state index in [1.807, 2.05) is 0 Å². The van der Waals surface area contributed by atoms with Gasteiger partial charge in [-0.1, -0.05) is 64.3 Å². The number of pyridine rings is 1. The molecule has 0 amide bonds. The van der Waals surface area contributed by atoms with Gasteiger partial charge in [0.1, 0.15) is 10.2 Å². The van der Waals surface area contributed by atoms with Gasteiger partial charge >= 0.3 is 0 Å². The molecule has 0 N–H and O–H groups in total. The van der Waals surface area contributed by atoms with E-state index < -0.39 is 0 Å². The van der Waals surface area contributed by atoms with Gasteiger partial charge in [0.2, 0.25) is 0 Å². The maximum Gasteiger partial charge on any atom is 0.149 e. The van der Waals surface area contributed by atoms with Crippen LogP contribution in [0, 0.1) is 13.8 Å². The van der Waals surface area contributed by atoms with Gasteiger partial charge in [-0.2, -0.15) is 0 Å². The Bertz CT molecular complexity index is 599. The number of nitrogens with zero attached hydrogens (tertiary/aromatic N) is 1. The van der Waals surface area contributed by atoms with Crippen LogP contribution in [0.15, 0.2) is 34.2 Å². The van der Waals surface area contributed by atoms with Crippen molar-refractivity contribution in [3.8, 4) is 0 Å². The predicted octanol–water partition coefficient (Wildman–Crippen LogP) is 5.81. The molecule has 0 aliphatic rings. The average Bonchev–Trinajstić information content (AvgIpc) is 2.29. The summed E-state index contributed by atoms with van der Waals surface area (Å²) in [5.41, 5.74) is 2.41. The lowest BCUT2D eigenvalue weighted by Gasteiger charge is -2.08. The molecule has 0 saturated heterocycles. The Labute approximate surface area is 125 Å². The predicted molar refractivity (Wildman–Crippen MR) is 79.3 cm³/mol. The highest BCUT2D eigenvalue weighted by Gasteiger charge is 2.10. The van der Waals surface area contributed by atoms with Crippen LogP contribution in [0.2, 0.25) is 15.2 Å². The Balaban J connectivity index is 2.37. The second kappa shape index (κ2) is 5.70. The van der Waals surface area contributed by atoms with E-state index in [9.17, 15) is 0 Å². The molecular weight excluding hydrogens is 309 g/mol. The van der Waals surface area contributed by atoms with E-state index in [4.69, 9.17) is 34.8 Å². The highest BCUT2D eigenvalue weighted by molar-refractivity contribution is 7.99. The summed E-state index contributed by atoms with van der Waals surface area (Å²) >= 11 is 19.3. The minimum atomic E-state index is 0.272. The van der Waals surface area contributed by atoms with Crippen LogP contribution < -0.4 is 0 Å². The first-order valence-electron chi connectivity index (χ1n) is 5.24. The molecule has 0 saturated carbocycles. The molecule has 0 radical (unpaired) electrons. The molecule has 0 unspecified atom stereocenters. The second-order valence-corrected chi connectivity index (χ2v) is 6.12. The number of hydrogen-bond acceptors (Lipinski definition) is 2. The molecule has 94 valence electrons. The van der Waals surface area contributed by atoms with Crippen LogP contribution >= 0.6 is 46.6 Å². The van der Waals surface area contributed by atoms with Crippen LogP contribution in [0.5, 0.6) is 0 Å². The zero-order valence-electron chi connectivity index (χ0n) is 9.80. The van der Waals surface area contributed by atoms with Crippen LogP contribution in [0.3, 0.4) is 0 Å². The van der Waals surface area contributed by atoms with E-state index in [2.05, 4.69) is 37.0 Å². The van der Waals surface area contributed by atoms with Crippen molar-refractivity contribution < 1.29 is 0 Å². The standard InChI is InChI=1S/C13H10Cl3NS/c1-7-3-4-11(8(2)5-7)18-13-10(15)6-9(14)12(16)17-13/h3-6H,1-2H3. The largest absolute Gasteiger partial charge is 0.226 e. The number of hydrogen-bond donors (Lipinski definition) is 0. The molecule has 0 bridgehead atoms. The quantitative estimate of drug-likeness (QED) is 0.648. The smallest absolute Gasteiger partial charge is 0.149 e. The van der Waals surface area contributed by atoms with Crippen molar-refractivity contribution >= 4 is 46.6 Å².